The van der Waals surface area contributed by atoms with E-state index in [1.807, 2.05) is 44.3 Å². The van der Waals surface area contributed by atoms with Gasteiger partial charge in [0, 0.05) is 18.3 Å². The predicted octanol–water partition coefficient (Wildman–Crippen LogP) is 1.97. The molecule has 1 unspecified atom stereocenters. The zero-order chi connectivity index (χ0) is 11.8. The first-order valence-corrected chi connectivity index (χ1v) is 5.58. The highest BCUT2D eigenvalue weighted by Gasteiger charge is 2.31. The molecule has 2 aromatic rings. The van der Waals surface area contributed by atoms with E-state index in [-0.39, 0.29) is 12.5 Å². The summed E-state index contributed by atoms with van der Waals surface area (Å²) in [6, 6.07) is 7.91. The number of fused-ring (bicyclic) bond motifs is 1. The minimum absolute atomic E-state index is 0.0916. The molecule has 1 heterocycles. The third kappa shape index (κ3) is 1.62. The van der Waals surface area contributed by atoms with Gasteiger partial charge in [0.15, 0.2) is 0 Å². The van der Waals surface area contributed by atoms with Crippen molar-refractivity contribution in [1.82, 2.24) is 4.98 Å². The van der Waals surface area contributed by atoms with E-state index in [9.17, 15) is 5.11 Å². The summed E-state index contributed by atoms with van der Waals surface area (Å²) in [5, 5.41) is 11.6. The van der Waals surface area contributed by atoms with Gasteiger partial charge in [-0.2, -0.15) is 0 Å². The van der Waals surface area contributed by atoms with Gasteiger partial charge in [-0.1, -0.05) is 19.9 Å². The molecule has 0 aliphatic heterocycles. The first-order valence-electron chi connectivity index (χ1n) is 5.58. The van der Waals surface area contributed by atoms with E-state index < -0.39 is 5.60 Å². The second-order valence-electron chi connectivity index (χ2n) is 4.56. The van der Waals surface area contributed by atoms with Gasteiger partial charge in [-0.3, -0.25) is 0 Å². The third-order valence-electron chi connectivity index (χ3n) is 3.32. The van der Waals surface area contributed by atoms with Crippen LogP contribution in [0, 0.1) is 5.92 Å². The normalized spacial score (nSPS) is 15.6. The van der Waals surface area contributed by atoms with E-state index in [4.69, 9.17) is 5.73 Å². The number of nitrogens with two attached hydrogens (primary N) is 1. The van der Waals surface area contributed by atoms with Crippen LogP contribution in [0.15, 0.2) is 30.5 Å². The summed E-state index contributed by atoms with van der Waals surface area (Å²) in [6.07, 6.45) is 1.89. The highest BCUT2D eigenvalue weighted by atomic mass is 16.3. The van der Waals surface area contributed by atoms with Crippen LogP contribution in [0.3, 0.4) is 0 Å². The molecule has 3 heteroatoms. The molecule has 0 spiro atoms. The van der Waals surface area contributed by atoms with Crippen LogP contribution >= 0.6 is 0 Å². The molecular weight excluding hydrogens is 200 g/mol. The number of H-pyrrole nitrogens is 1. The molecule has 1 atom stereocenters. The Labute approximate surface area is 95.3 Å². The molecule has 0 aliphatic carbocycles. The third-order valence-corrected chi connectivity index (χ3v) is 3.32. The maximum atomic E-state index is 10.5. The zero-order valence-corrected chi connectivity index (χ0v) is 9.70. The van der Waals surface area contributed by atoms with Gasteiger partial charge in [-0.25, -0.2) is 0 Å². The van der Waals surface area contributed by atoms with Crippen LogP contribution < -0.4 is 5.73 Å². The van der Waals surface area contributed by atoms with E-state index in [2.05, 4.69) is 4.98 Å². The van der Waals surface area contributed by atoms with Gasteiger partial charge < -0.3 is 15.8 Å². The molecule has 3 nitrogen and oxygen atoms in total. The van der Waals surface area contributed by atoms with Crippen molar-refractivity contribution in [3.63, 3.8) is 0 Å². The van der Waals surface area contributed by atoms with Crippen molar-refractivity contribution in [3.05, 3.63) is 36.0 Å². The van der Waals surface area contributed by atoms with Gasteiger partial charge in [0.1, 0.15) is 5.60 Å². The lowest BCUT2D eigenvalue weighted by Gasteiger charge is -2.31. The lowest BCUT2D eigenvalue weighted by atomic mass is 9.83. The SMILES string of the molecule is CC(C)C(O)(CN)c1ccc2[nH]ccc2c1. The number of hydrogen-bond acceptors (Lipinski definition) is 2. The van der Waals surface area contributed by atoms with Crippen LogP contribution in [0.4, 0.5) is 0 Å². The largest absolute Gasteiger partial charge is 0.384 e. The number of benzene rings is 1. The summed E-state index contributed by atoms with van der Waals surface area (Å²) in [6.45, 7) is 4.20. The Morgan fingerprint density at radius 3 is 2.75 bits per heavy atom. The van der Waals surface area contributed by atoms with Crippen LogP contribution in [0.2, 0.25) is 0 Å². The Kier molecular flexibility index (Phi) is 2.74. The summed E-state index contributed by atoms with van der Waals surface area (Å²) in [5.74, 6) is 0.0916. The molecule has 16 heavy (non-hydrogen) atoms. The number of rotatable bonds is 3. The van der Waals surface area contributed by atoms with E-state index >= 15 is 0 Å². The molecule has 0 saturated heterocycles. The molecule has 0 fully saturated rings. The van der Waals surface area contributed by atoms with Gasteiger partial charge in [0.05, 0.1) is 0 Å². The fourth-order valence-corrected chi connectivity index (χ4v) is 2.01. The first-order chi connectivity index (χ1) is 7.58. The summed E-state index contributed by atoms with van der Waals surface area (Å²) < 4.78 is 0. The molecule has 0 aliphatic rings. The monoisotopic (exact) mass is 218 g/mol. The van der Waals surface area contributed by atoms with Gasteiger partial charge in [0.25, 0.3) is 0 Å². The quantitative estimate of drug-likeness (QED) is 0.737. The minimum atomic E-state index is -0.939. The average Bonchev–Trinajstić information content (AvgIpc) is 2.74. The van der Waals surface area contributed by atoms with Crippen molar-refractivity contribution in [3.8, 4) is 0 Å². The number of aromatic nitrogens is 1. The Hall–Kier alpha value is -1.32. The standard InChI is InChI=1S/C13H18N2O/c1-9(2)13(16,8-14)11-3-4-12-10(7-11)5-6-15-12/h3-7,9,15-16H,8,14H2,1-2H3. The van der Waals surface area contributed by atoms with Crippen molar-refractivity contribution >= 4 is 10.9 Å². The first kappa shape index (κ1) is 11.2. The number of aromatic amines is 1. The van der Waals surface area contributed by atoms with E-state index in [1.54, 1.807) is 0 Å². The molecule has 0 amide bonds. The smallest absolute Gasteiger partial charge is 0.104 e. The molecule has 0 bridgehead atoms. The number of nitrogens with one attached hydrogen (secondary N) is 1. The minimum Gasteiger partial charge on any atom is -0.384 e. The molecule has 0 saturated carbocycles. The van der Waals surface area contributed by atoms with Crippen LogP contribution in [0.25, 0.3) is 10.9 Å². The van der Waals surface area contributed by atoms with Crippen molar-refractivity contribution in [1.29, 1.82) is 0 Å². The molecule has 0 radical (unpaired) electrons. The molecule has 1 aromatic carbocycles. The van der Waals surface area contributed by atoms with Crippen LogP contribution in [0.5, 0.6) is 0 Å². The van der Waals surface area contributed by atoms with E-state index in [0.717, 1.165) is 16.5 Å². The fraction of sp³-hybridized carbons (Fsp3) is 0.385. The lowest BCUT2D eigenvalue weighted by molar-refractivity contribution is -0.00101. The zero-order valence-electron chi connectivity index (χ0n) is 9.70. The van der Waals surface area contributed by atoms with Gasteiger partial charge in [-0.15, -0.1) is 0 Å². The molecule has 2 rings (SSSR count). The molecular formula is C13H18N2O. The van der Waals surface area contributed by atoms with Crippen molar-refractivity contribution < 1.29 is 5.11 Å². The molecule has 4 N–H and O–H groups in total. The maximum absolute atomic E-state index is 10.5. The Balaban J connectivity index is 2.52. The van der Waals surface area contributed by atoms with Crippen molar-refractivity contribution in [2.75, 3.05) is 6.54 Å². The van der Waals surface area contributed by atoms with E-state index in [0.29, 0.717) is 0 Å². The summed E-state index contributed by atoms with van der Waals surface area (Å²) in [7, 11) is 0. The van der Waals surface area contributed by atoms with Gasteiger partial charge in [-0.05, 0) is 35.1 Å². The molecule has 86 valence electrons. The summed E-state index contributed by atoms with van der Waals surface area (Å²) >= 11 is 0. The van der Waals surface area contributed by atoms with Crippen LogP contribution in [-0.2, 0) is 5.60 Å². The van der Waals surface area contributed by atoms with Crippen molar-refractivity contribution in [2.45, 2.75) is 19.4 Å². The fourth-order valence-electron chi connectivity index (χ4n) is 2.01. The summed E-state index contributed by atoms with van der Waals surface area (Å²) in [4.78, 5) is 3.13. The molecule has 1 aromatic heterocycles. The Morgan fingerprint density at radius 1 is 1.38 bits per heavy atom. The number of hydrogen-bond donors (Lipinski definition) is 3. The Morgan fingerprint density at radius 2 is 2.12 bits per heavy atom. The second kappa shape index (κ2) is 3.92. The Bertz CT molecular complexity index is 489. The van der Waals surface area contributed by atoms with Crippen LogP contribution in [0.1, 0.15) is 19.4 Å². The average molecular weight is 218 g/mol. The van der Waals surface area contributed by atoms with Crippen molar-refractivity contribution in [2.24, 2.45) is 11.7 Å². The van der Waals surface area contributed by atoms with E-state index in [1.165, 1.54) is 0 Å². The maximum Gasteiger partial charge on any atom is 0.104 e. The lowest BCUT2D eigenvalue weighted by Crippen LogP contribution is -2.39. The van der Waals surface area contributed by atoms with Gasteiger partial charge >= 0.3 is 0 Å². The predicted molar refractivity (Wildman–Crippen MR) is 66.1 cm³/mol. The number of aliphatic hydroxyl groups is 1. The van der Waals surface area contributed by atoms with Crippen LogP contribution in [-0.4, -0.2) is 16.6 Å². The topological polar surface area (TPSA) is 62.0 Å². The highest BCUT2D eigenvalue weighted by molar-refractivity contribution is 5.80. The highest BCUT2D eigenvalue weighted by Crippen LogP contribution is 2.30. The summed E-state index contributed by atoms with van der Waals surface area (Å²) in [5.41, 5.74) is 6.72. The van der Waals surface area contributed by atoms with Gasteiger partial charge in [0.2, 0.25) is 0 Å². The second-order valence-corrected chi connectivity index (χ2v) is 4.56.